The number of primary amides is 1. The molecule has 1 aliphatic rings. The van der Waals surface area contributed by atoms with E-state index in [9.17, 15) is 4.79 Å². The molecular weight excluding hydrogens is 299 g/mol. The minimum atomic E-state index is -0.410. The predicted molar refractivity (Wildman–Crippen MR) is 80.2 cm³/mol. The molecule has 6 heteroatoms. The fourth-order valence-corrected chi connectivity index (χ4v) is 2.60. The maximum Gasteiger partial charge on any atom is 0.226 e. The lowest BCUT2D eigenvalue weighted by molar-refractivity contribution is -0.119. The van der Waals surface area contributed by atoms with Crippen molar-refractivity contribution in [3.8, 4) is 0 Å². The molecular formula is C14H18Cl2N2O2. The molecule has 0 saturated carbocycles. The molecule has 0 unspecified atom stereocenters. The molecule has 0 bridgehead atoms. The standard InChI is InChI=1S/C14H18Cl2N2O2/c15-12-2-1-9(7-13(12)16)11(14(17)19)8-18-10-3-5-20-6-4-10/h1-2,7,10-11,18H,3-6,8H2,(H2,17,19)/t11-/m1/s1. The van der Waals surface area contributed by atoms with Crippen molar-refractivity contribution in [2.75, 3.05) is 19.8 Å². The van der Waals surface area contributed by atoms with Gasteiger partial charge in [0.1, 0.15) is 0 Å². The second kappa shape index (κ2) is 7.27. The number of hydrogen-bond acceptors (Lipinski definition) is 3. The first kappa shape index (κ1) is 15.6. The van der Waals surface area contributed by atoms with Crippen LogP contribution in [-0.2, 0) is 9.53 Å². The van der Waals surface area contributed by atoms with E-state index in [4.69, 9.17) is 33.7 Å². The van der Waals surface area contributed by atoms with Crippen LogP contribution < -0.4 is 11.1 Å². The SMILES string of the molecule is NC(=O)[C@H](CNC1CCOCC1)c1ccc(Cl)c(Cl)c1. The van der Waals surface area contributed by atoms with E-state index in [0.29, 0.717) is 22.6 Å². The lowest BCUT2D eigenvalue weighted by atomic mass is 9.97. The van der Waals surface area contributed by atoms with Gasteiger partial charge in [-0.15, -0.1) is 0 Å². The van der Waals surface area contributed by atoms with Crippen molar-refractivity contribution >= 4 is 29.1 Å². The second-order valence-electron chi connectivity index (χ2n) is 4.92. The van der Waals surface area contributed by atoms with Gasteiger partial charge in [0.25, 0.3) is 0 Å². The highest BCUT2D eigenvalue weighted by Gasteiger charge is 2.21. The molecule has 0 radical (unpaired) electrons. The minimum Gasteiger partial charge on any atom is -0.381 e. The molecule has 1 heterocycles. The van der Waals surface area contributed by atoms with E-state index in [2.05, 4.69) is 5.32 Å². The van der Waals surface area contributed by atoms with Crippen LogP contribution in [-0.4, -0.2) is 31.7 Å². The van der Waals surface area contributed by atoms with E-state index in [-0.39, 0.29) is 5.91 Å². The largest absolute Gasteiger partial charge is 0.381 e. The van der Waals surface area contributed by atoms with Crippen molar-refractivity contribution < 1.29 is 9.53 Å². The van der Waals surface area contributed by atoms with Crippen LogP contribution in [0, 0.1) is 0 Å². The molecule has 1 atom stereocenters. The zero-order valence-corrected chi connectivity index (χ0v) is 12.6. The van der Waals surface area contributed by atoms with Gasteiger partial charge in [0.2, 0.25) is 5.91 Å². The number of ether oxygens (including phenoxy) is 1. The molecule has 0 spiro atoms. The average Bonchev–Trinajstić information content (AvgIpc) is 2.43. The van der Waals surface area contributed by atoms with Crippen LogP contribution in [0.1, 0.15) is 24.3 Å². The van der Waals surface area contributed by atoms with Crippen molar-refractivity contribution in [3.63, 3.8) is 0 Å². The van der Waals surface area contributed by atoms with E-state index in [0.717, 1.165) is 31.6 Å². The van der Waals surface area contributed by atoms with Crippen LogP contribution in [0.15, 0.2) is 18.2 Å². The first-order valence-corrected chi connectivity index (χ1v) is 7.39. The topological polar surface area (TPSA) is 64.4 Å². The fourth-order valence-electron chi connectivity index (χ4n) is 2.30. The highest BCUT2D eigenvalue weighted by molar-refractivity contribution is 6.42. The van der Waals surface area contributed by atoms with Gasteiger partial charge in [0.05, 0.1) is 16.0 Å². The van der Waals surface area contributed by atoms with Gasteiger partial charge in [0, 0.05) is 25.8 Å². The number of carbonyl (C=O) groups excluding carboxylic acids is 1. The maximum absolute atomic E-state index is 11.7. The van der Waals surface area contributed by atoms with Crippen molar-refractivity contribution in [1.82, 2.24) is 5.32 Å². The van der Waals surface area contributed by atoms with E-state index in [1.54, 1.807) is 18.2 Å². The van der Waals surface area contributed by atoms with Crippen molar-refractivity contribution in [2.45, 2.75) is 24.8 Å². The summed E-state index contributed by atoms with van der Waals surface area (Å²) in [7, 11) is 0. The third-order valence-electron chi connectivity index (χ3n) is 3.52. The summed E-state index contributed by atoms with van der Waals surface area (Å²) in [6.45, 7) is 2.01. The summed E-state index contributed by atoms with van der Waals surface area (Å²) in [5, 5.41) is 4.28. The monoisotopic (exact) mass is 316 g/mol. The van der Waals surface area contributed by atoms with Crippen LogP contribution >= 0.6 is 23.2 Å². The number of rotatable bonds is 5. The Hall–Kier alpha value is -0.810. The Kier molecular flexibility index (Phi) is 5.66. The van der Waals surface area contributed by atoms with Crippen LogP contribution in [0.2, 0.25) is 10.0 Å². The molecule has 1 fully saturated rings. The third kappa shape index (κ3) is 4.09. The van der Waals surface area contributed by atoms with Crippen molar-refractivity contribution in [1.29, 1.82) is 0 Å². The maximum atomic E-state index is 11.7. The molecule has 1 saturated heterocycles. The number of benzene rings is 1. The summed E-state index contributed by atoms with van der Waals surface area (Å²) in [4.78, 5) is 11.7. The number of halogens is 2. The van der Waals surface area contributed by atoms with E-state index in [1.807, 2.05) is 0 Å². The van der Waals surface area contributed by atoms with E-state index >= 15 is 0 Å². The van der Waals surface area contributed by atoms with Crippen LogP contribution in [0.5, 0.6) is 0 Å². The second-order valence-corrected chi connectivity index (χ2v) is 5.74. The lowest BCUT2D eigenvalue weighted by Gasteiger charge is -2.25. The molecule has 4 nitrogen and oxygen atoms in total. The Morgan fingerprint density at radius 3 is 2.65 bits per heavy atom. The number of nitrogens with two attached hydrogens (primary N) is 1. The van der Waals surface area contributed by atoms with Gasteiger partial charge in [-0.3, -0.25) is 4.79 Å². The Morgan fingerprint density at radius 1 is 1.35 bits per heavy atom. The summed E-state index contributed by atoms with van der Waals surface area (Å²) in [5.74, 6) is -0.782. The van der Waals surface area contributed by atoms with Crippen molar-refractivity contribution in [2.24, 2.45) is 5.73 Å². The van der Waals surface area contributed by atoms with Gasteiger partial charge in [-0.05, 0) is 30.5 Å². The minimum absolute atomic E-state index is 0.369. The first-order chi connectivity index (χ1) is 9.58. The van der Waals surface area contributed by atoms with Crippen molar-refractivity contribution in [3.05, 3.63) is 33.8 Å². The number of amides is 1. The molecule has 20 heavy (non-hydrogen) atoms. The highest BCUT2D eigenvalue weighted by Crippen LogP contribution is 2.26. The Labute approximate surface area is 128 Å². The van der Waals surface area contributed by atoms with Crippen LogP contribution in [0.4, 0.5) is 0 Å². The number of carbonyl (C=O) groups is 1. The summed E-state index contributed by atoms with van der Waals surface area (Å²) in [6.07, 6.45) is 1.90. The summed E-state index contributed by atoms with van der Waals surface area (Å²) in [5.41, 5.74) is 6.28. The lowest BCUT2D eigenvalue weighted by Crippen LogP contribution is -2.40. The number of hydrogen-bond donors (Lipinski definition) is 2. The average molecular weight is 317 g/mol. The Balaban J connectivity index is 2.02. The third-order valence-corrected chi connectivity index (χ3v) is 4.26. The zero-order chi connectivity index (χ0) is 14.5. The van der Waals surface area contributed by atoms with Gasteiger partial charge >= 0.3 is 0 Å². The summed E-state index contributed by atoms with van der Waals surface area (Å²) in [6, 6.07) is 5.54. The molecule has 2 rings (SSSR count). The van der Waals surface area contributed by atoms with Gasteiger partial charge < -0.3 is 15.8 Å². The molecule has 1 aromatic carbocycles. The molecule has 1 amide bonds. The zero-order valence-electron chi connectivity index (χ0n) is 11.1. The fraction of sp³-hybridized carbons (Fsp3) is 0.500. The van der Waals surface area contributed by atoms with Gasteiger partial charge in [0.15, 0.2) is 0 Å². The smallest absolute Gasteiger partial charge is 0.226 e. The normalized spacial score (nSPS) is 17.9. The van der Waals surface area contributed by atoms with Gasteiger partial charge in [-0.2, -0.15) is 0 Å². The molecule has 1 aromatic rings. The molecule has 1 aliphatic heterocycles. The molecule has 0 aromatic heterocycles. The van der Waals surface area contributed by atoms with E-state index < -0.39 is 5.92 Å². The Bertz CT molecular complexity index is 476. The van der Waals surface area contributed by atoms with Gasteiger partial charge in [-0.1, -0.05) is 29.3 Å². The predicted octanol–water partition coefficient (Wildman–Crippen LogP) is 2.33. The first-order valence-electron chi connectivity index (χ1n) is 6.63. The summed E-state index contributed by atoms with van der Waals surface area (Å²) < 4.78 is 5.30. The summed E-state index contributed by atoms with van der Waals surface area (Å²) >= 11 is 11.9. The quantitative estimate of drug-likeness (QED) is 0.876. The molecule has 110 valence electrons. The van der Waals surface area contributed by atoms with Crippen LogP contribution in [0.3, 0.4) is 0 Å². The van der Waals surface area contributed by atoms with Gasteiger partial charge in [-0.25, -0.2) is 0 Å². The van der Waals surface area contributed by atoms with E-state index in [1.165, 1.54) is 0 Å². The number of nitrogens with one attached hydrogen (secondary N) is 1. The van der Waals surface area contributed by atoms with Crippen LogP contribution in [0.25, 0.3) is 0 Å². The Morgan fingerprint density at radius 2 is 2.05 bits per heavy atom. The highest BCUT2D eigenvalue weighted by atomic mass is 35.5. The molecule has 0 aliphatic carbocycles. The molecule has 3 N–H and O–H groups in total.